The van der Waals surface area contributed by atoms with Gasteiger partial charge in [0.1, 0.15) is 5.75 Å². The summed E-state index contributed by atoms with van der Waals surface area (Å²) in [6.45, 7) is 2.82. The summed E-state index contributed by atoms with van der Waals surface area (Å²) >= 11 is 0. The molecule has 0 amide bonds. The minimum absolute atomic E-state index is 0.110. The first kappa shape index (κ1) is 13.0. The van der Waals surface area contributed by atoms with Crippen LogP contribution in [0.2, 0.25) is 0 Å². The predicted octanol–water partition coefficient (Wildman–Crippen LogP) is 1.68. The zero-order valence-electron chi connectivity index (χ0n) is 10.1. The van der Waals surface area contributed by atoms with E-state index in [2.05, 4.69) is 6.92 Å². The van der Waals surface area contributed by atoms with Crippen molar-refractivity contribution in [3.63, 3.8) is 0 Å². The van der Waals surface area contributed by atoms with E-state index in [9.17, 15) is 0 Å². The number of hydrogen-bond acceptors (Lipinski definition) is 3. The number of aliphatic hydroxyl groups is 1. The van der Waals surface area contributed by atoms with Crippen molar-refractivity contribution >= 4 is 0 Å². The van der Waals surface area contributed by atoms with Crippen LogP contribution in [0.5, 0.6) is 5.75 Å². The van der Waals surface area contributed by atoms with Crippen LogP contribution in [-0.4, -0.2) is 25.4 Å². The van der Waals surface area contributed by atoms with E-state index < -0.39 is 0 Å². The largest absolute Gasteiger partial charge is 0.497 e. The third-order valence-electron chi connectivity index (χ3n) is 3.36. The first-order chi connectivity index (χ1) is 7.72. The molecule has 0 saturated carbocycles. The van der Waals surface area contributed by atoms with Crippen molar-refractivity contribution in [2.45, 2.75) is 25.2 Å². The van der Waals surface area contributed by atoms with Gasteiger partial charge in [-0.25, -0.2) is 0 Å². The molecule has 0 radical (unpaired) electrons. The lowest BCUT2D eigenvalue weighted by Crippen LogP contribution is -2.35. The summed E-state index contributed by atoms with van der Waals surface area (Å²) in [5, 5.41) is 9.15. The number of hydrogen-bond donors (Lipinski definition) is 2. The number of methoxy groups -OCH3 is 1. The molecule has 1 unspecified atom stereocenters. The van der Waals surface area contributed by atoms with Crippen LogP contribution in [0.25, 0.3) is 0 Å². The molecule has 0 saturated heterocycles. The Balaban J connectivity index is 3.00. The average molecular weight is 223 g/mol. The maximum Gasteiger partial charge on any atom is 0.118 e. The summed E-state index contributed by atoms with van der Waals surface area (Å²) in [6.07, 6.45) is 1.63. The lowest BCUT2D eigenvalue weighted by molar-refractivity contribution is 0.234. The van der Waals surface area contributed by atoms with E-state index in [4.69, 9.17) is 15.6 Å². The van der Waals surface area contributed by atoms with Gasteiger partial charge in [0.15, 0.2) is 0 Å². The first-order valence-corrected chi connectivity index (χ1v) is 5.68. The summed E-state index contributed by atoms with van der Waals surface area (Å²) in [6, 6.07) is 7.94. The maximum atomic E-state index is 9.15. The van der Waals surface area contributed by atoms with E-state index in [1.54, 1.807) is 7.11 Å². The highest BCUT2D eigenvalue weighted by atomic mass is 16.5. The van der Waals surface area contributed by atoms with Crippen LogP contribution >= 0.6 is 0 Å². The van der Waals surface area contributed by atoms with Crippen molar-refractivity contribution < 1.29 is 9.84 Å². The van der Waals surface area contributed by atoms with Crippen molar-refractivity contribution in [3.05, 3.63) is 29.8 Å². The zero-order valence-corrected chi connectivity index (χ0v) is 10.1. The monoisotopic (exact) mass is 223 g/mol. The summed E-state index contributed by atoms with van der Waals surface area (Å²) in [5.41, 5.74) is 6.93. The van der Waals surface area contributed by atoms with Crippen LogP contribution in [0.15, 0.2) is 24.3 Å². The Labute approximate surface area is 97.2 Å². The van der Waals surface area contributed by atoms with E-state index >= 15 is 0 Å². The number of rotatable bonds is 6. The quantitative estimate of drug-likeness (QED) is 0.771. The number of nitrogens with two attached hydrogens (primary N) is 1. The number of ether oxygens (including phenoxy) is 1. The molecule has 16 heavy (non-hydrogen) atoms. The van der Waals surface area contributed by atoms with Crippen molar-refractivity contribution in [1.82, 2.24) is 0 Å². The molecule has 1 rings (SSSR count). The smallest absolute Gasteiger partial charge is 0.118 e. The van der Waals surface area contributed by atoms with Gasteiger partial charge in [0, 0.05) is 18.6 Å². The SMILES string of the molecule is CCC(CN)(CCO)c1ccc(OC)cc1. The van der Waals surface area contributed by atoms with Crippen LogP contribution in [0, 0.1) is 0 Å². The second kappa shape index (κ2) is 5.87. The molecule has 0 aliphatic heterocycles. The molecule has 90 valence electrons. The Hall–Kier alpha value is -1.06. The molecule has 0 heterocycles. The van der Waals surface area contributed by atoms with Gasteiger partial charge in [-0.05, 0) is 30.5 Å². The van der Waals surface area contributed by atoms with E-state index in [1.165, 1.54) is 5.56 Å². The van der Waals surface area contributed by atoms with Gasteiger partial charge < -0.3 is 15.6 Å². The molecule has 1 aromatic rings. The minimum Gasteiger partial charge on any atom is -0.497 e. The molecule has 3 heteroatoms. The summed E-state index contributed by atoms with van der Waals surface area (Å²) in [4.78, 5) is 0. The fraction of sp³-hybridized carbons (Fsp3) is 0.538. The molecule has 3 nitrogen and oxygen atoms in total. The molecule has 1 aromatic carbocycles. The van der Waals surface area contributed by atoms with Crippen molar-refractivity contribution in [3.8, 4) is 5.75 Å². The lowest BCUT2D eigenvalue weighted by Gasteiger charge is -2.31. The van der Waals surface area contributed by atoms with Crippen molar-refractivity contribution in [2.24, 2.45) is 5.73 Å². The molecule has 0 bridgehead atoms. The average Bonchev–Trinajstić information content (AvgIpc) is 2.36. The zero-order chi connectivity index (χ0) is 12.0. The molecule has 0 fully saturated rings. The topological polar surface area (TPSA) is 55.5 Å². The third kappa shape index (κ3) is 2.54. The van der Waals surface area contributed by atoms with E-state index in [1.807, 2.05) is 24.3 Å². The fourth-order valence-electron chi connectivity index (χ4n) is 2.05. The molecule has 0 spiro atoms. The van der Waals surface area contributed by atoms with Crippen LogP contribution in [-0.2, 0) is 5.41 Å². The van der Waals surface area contributed by atoms with Crippen LogP contribution in [0.1, 0.15) is 25.3 Å². The Morgan fingerprint density at radius 3 is 2.31 bits per heavy atom. The van der Waals surface area contributed by atoms with Gasteiger partial charge in [-0.2, -0.15) is 0 Å². The second-order valence-electron chi connectivity index (χ2n) is 4.04. The predicted molar refractivity (Wildman–Crippen MR) is 65.7 cm³/mol. The van der Waals surface area contributed by atoms with Crippen LogP contribution < -0.4 is 10.5 Å². The molecular weight excluding hydrogens is 202 g/mol. The summed E-state index contributed by atoms with van der Waals surface area (Å²) < 4.78 is 5.13. The van der Waals surface area contributed by atoms with Gasteiger partial charge >= 0.3 is 0 Å². The van der Waals surface area contributed by atoms with Crippen molar-refractivity contribution in [2.75, 3.05) is 20.3 Å². The van der Waals surface area contributed by atoms with Gasteiger partial charge in [-0.1, -0.05) is 19.1 Å². The van der Waals surface area contributed by atoms with Gasteiger partial charge in [0.25, 0.3) is 0 Å². The Bertz CT molecular complexity index is 304. The Morgan fingerprint density at radius 1 is 1.31 bits per heavy atom. The molecule has 0 aromatic heterocycles. The highest BCUT2D eigenvalue weighted by molar-refractivity contribution is 5.32. The van der Waals surface area contributed by atoms with Gasteiger partial charge in [-0.3, -0.25) is 0 Å². The molecule has 0 aliphatic rings. The van der Waals surface area contributed by atoms with E-state index in [-0.39, 0.29) is 12.0 Å². The van der Waals surface area contributed by atoms with E-state index in [0.717, 1.165) is 12.2 Å². The normalized spacial score (nSPS) is 14.5. The van der Waals surface area contributed by atoms with Gasteiger partial charge in [0.05, 0.1) is 7.11 Å². The third-order valence-corrected chi connectivity index (χ3v) is 3.36. The molecular formula is C13H21NO2. The highest BCUT2D eigenvalue weighted by Crippen LogP contribution is 2.31. The molecule has 0 aliphatic carbocycles. The fourth-order valence-corrected chi connectivity index (χ4v) is 2.05. The molecule has 3 N–H and O–H groups in total. The lowest BCUT2D eigenvalue weighted by atomic mass is 9.75. The number of benzene rings is 1. The Morgan fingerprint density at radius 2 is 1.94 bits per heavy atom. The molecule has 1 atom stereocenters. The van der Waals surface area contributed by atoms with Crippen LogP contribution in [0.4, 0.5) is 0 Å². The minimum atomic E-state index is -0.110. The maximum absolute atomic E-state index is 9.15. The van der Waals surface area contributed by atoms with Gasteiger partial charge in [-0.15, -0.1) is 0 Å². The summed E-state index contributed by atoms with van der Waals surface area (Å²) in [7, 11) is 1.65. The first-order valence-electron chi connectivity index (χ1n) is 5.68. The highest BCUT2D eigenvalue weighted by Gasteiger charge is 2.28. The second-order valence-corrected chi connectivity index (χ2v) is 4.04. The standard InChI is InChI=1S/C13H21NO2/c1-3-13(10-14,8-9-15)11-4-6-12(16-2)7-5-11/h4-7,15H,3,8-10,14H2,1-2H3. The van der Waals surface area contributed by atoms with Crippen molar-refractivity contribution in [1.29, 1.82) is 0 Å². The summed E-state index contributed by atoms with van der Waals surface area (Å²) in [5.74, 6) is 0.842. The van der Waals surface area contributed by atoms with Gasteiger partial charge in [0.2, 0.25) is 0 Å². The number of aliphatic hydroxyl groups excluding tert-OH is 1. The van der Waals surface area contributed by atoms with Crippen LogP contribution in [0.3, 0.4) is 0 Å². The Kier molecular flexibility index (Phi) is 4.77. The van der Waals surface area contributed by atoms with E-state index in [0.29, 0.717) is 13.0 Å².